The summed E-state index contributed by atoms with van der Waals surface area (Å²) in [4.78, 5) is 24.1. The minimum Gasteiger partial charge on any atom is -0.472 e. The van der Waals surface area contributed by atoms with Gasteiger partial charge in [0.25, 0.3) is 5.91 Å². The van der Waals surface area contributed by atoms with Gasteiger partial charge in [-0.15, -0.1) is 0 Å². The topological polar surface area (TPSA) is 104 Å². The number of nitrogens with zero attached hydrogens (tertiary/aromatic N) is 1. The van der Waals surface area contributed by atoms with Crippen LogP contribution in [0.1, 0.15) is 32.6 Å². The Hall–Kier alpha value is -3.60. The fourth-order valence-corrected chi connectivity index (χ4v) is 3.64. The van der Waals surface area contributed by atoms with Crippen molar-refractivity contribution in [2.75, 3.05) is 5.32 Å². The molecule has 0 spiro atoms. The Morgan fingerprint density at radius 1 is 0.969 bits per heavy atom. The summed E-state index contributed by atoms with van der Waals surface area (Å²) in [6.07, 6.45) is -0.885. The first-order chi connectivity index (χ1) is 15.5. The Labute approximate surface area is 185 Å². The Morgan fingerprint density at radius 2 is 1.62 bits per heavy atom. The number of rotatable bonds is 9. The van der Waals surface area contributed by atoms with Crippen molar-refractivity contribution >= 4 is 28.5 Å². The molecule has 1 aromatic heterocycles. The van der Waals surface area contributed by atoms with Gasteiger partial charge in [0.15, 0.2) is 0 Å². The van der Waals surface area contributed by atoms with Crippen LogP contribution in [0.25, 0.3) is 0 Å². The van der Waals surface area contributed by atoms with Crippen LogP contribution in [0.5, 0.6) is 11.6 Å². The van der Waals surface area contributed by atoms with Gasteiger partial charge in [-0.05, 0) is 40.4 Å². The molecular weight excluding hydrogens is 447 g/mol. The van der Waals surface area contributed by atoms with E-state index in [1.807, 2.05) is 0 Å². The molecule has 0 saturated carbocycles. The van der Waals surface area contributed by atoms with Gasteiger partial charge in [0.1, 0.15) is 42.9 Å². The first-order valence-electron chi connectivity index (χ1n) is 9.25. The van der Waals surface area contributed by atoms with Gasteiger partial charge in [0.2, 0.25) is 5.88 Å². The smallest absolute Gasteiger partial charge is 0.417 e. The van der Waals surface area contributed by atoms with Crippen LogP contribution in [0.4, 0.5) is 23.0 Å². The molecule has 32 heavy (non-hydrogen) atoms. The summed E-state index contributed by atoms with van der Waals surface area (Å²) in [6.45, 7) is -3.26. The molecule has 0 bridgehead atoms. The van der Waals surface area contributed by atoms with E-state index < -0.39 is 32.0 Å². The number of hydrogen-bond acceptors (Lipinski definition) is 6. The zero-order valence-electron chi connectivity index (χ0n) is 16.6. The summed E-state index contributed by atoms with van der Waals surface area (Å²) < 4.78 is 54.6. The first kappa shape index (κ1) is 23.1. The highest BCUT2D eigenvalue weighted by Crippen LogP contribution is 2.32. The Morgan fingerprint density at radius 3 is 2.22 bits per heavy atom. The molecule has 1 heterocycles. The molecule has 3 rings (SSSR count). The molecule has 0 saturated heterocycles. The number of primary amides is 1. The molecule has 0 aliphatic heterocycles. The number of nitrogens with one attached hydrogen (secondary N) is 1. The highest BCUT2D eigenvalue weighted by Gasteiger charge is 2.23. The average molecular weight is 465 g/mol. The van der Waals surface area contributed by atoms with Gasteiger partial charge in [0.05, 0.1) is 0 Å². The van der Waals surface area contributed by atoms with Crippen molar-refractivity contribution < 1.29 is 32.2 Å². The molecule has 7 nitrogen and oxygen atoms in total. The lowest BCUT2D eigenvalue weighted by Gasteiger charge is -2.15. The second-order valence-electron chi connectivity index (χ2n) is 6.41. The molecule has 3 aromatic rings. The lowest BCUT2D eigenvalue weighted by atomic mass is 9.98. The zero-order valence-corrected chi connectivity index (χ0v) is 17.4. The monoisotopic (exact) mass is 465 g/mol. The molecular formula is C21H18F3N3O4S. The number of ether oxygens (including phenoxy) is 2. The standard InChI is InChI=1S/C21H18F3N3O4S/c22-8-12-6-7-13(9-23)16(15(12)10-24)11-30-19-17(18(25)28)20(32-27-19)26-21(29)31-14-4-2-1-3-5-14/h1-7H,8-11H2,(H2,25,28)(H,26,29). The van der Waals surface area contributed by atoms with E-state index >= 15 is 0 Å². The van der Waals surface area contributed by atoms with Crippen LogP contribution in [0, 0.1) is 0 Å². The summed E-state index contributed by atoms with van der Waals surface area (Å²) in [5.74, 6) is -0.910. The maximum absolute atomic E-state index is 13.5. The van der Waals surface area contributed by atoms with Crippen molar-refractivity contribution in [2.45, 2.75) is 26.6 Å². The Bertz CT molecular complexity index is 1110. The van der Waals surface area contributed by atoms with E-state index in [1.54, 1.807) is 30.3 Å². The van der Waals surface area contributed by atoms with E-state index in [0.717, 1.165) is 0 Å². The molecule has 168 valence electrons. The number of aromatic nitrogens is 1. The number of carbonyl (C=O) groups is 2. The van der Waals surface area contributed by atoms with Crippen LogP contribution in [-0.4, -0.2) is 16.4 Å². The highest BCUT2D eigenvalue weighted by molar-refractivity contribution is 7.11. The summed E-state index contributed by atoms with van der Waals surface area (Å²) in [7, 11) is 0. The number of nitrogens with two attached hydrogens (primary N) is 1. The fourth-order valence-electron chi connectivity index (χ4n) is 2.92. The van der Waals surface area contributed by atoms with Gasteiger partial charge < -0.3 is 15.2 Å². The number of alkyl halides is 3. The normalized spacial score (nSPS) is 10.6. The maximum atomic E-state index is 13.5. The van der Waals surface area contributed by atoms with Gasteiger partial charge in [-0.25, -0.2) is 18.0 Å². The van der Waals surface area contributed by atoms with E-state index in [4.69, 9.17) is 15.2 Å². The van der Waals surface area contributed by atoms with Crippen LogP contribution >= 0.6 is 11.5 Å². The number of amides is 2. The molecule has 11 heteroatoms. The predicted octanol–water partition coefficient (Wildman–Crippen LogP) is 4.84. The van der Waals surface area contributed by atoms with Crippen molar-refractivity contribution in [3.63, 3.8) is 0 Å². The molecule has 2 aromatic carbocycles. The number of anilines is 1. The summed E-state index contributed by atoms with van der Waals surface area (Å²) >= 11 is 0.710. The highest BCUT2D eigenvalue weighted by atomic mass is 32.1. The van der Waals surface area contributed by atoms with E-state index in [1.165, 1.54) is 12.1 Å². The average Bonchev–Trinajstić information content (AvgIpc) is 3.19. The van der Waals surface area contributed by atoms with Gasteiger partial charge >= 0.3 is 6.09 Å². The van der Waals surface area contributed by atoms with Crippen molar-refractivity contribution in [3.05, 3.63) is 70.3 Å². The fraction of sp³-hybridized carbons (Fsp3) is 0.190. The van der Waals surface area contributed by atoms with Gasteiger partial charge in [-0.2, -0.15) is 4.37 Å². The Balaban J connectivity index is 1.81. The van der Waals surface area contributed by atoms with E-state index in [2.05, 4.69) is 9.69 Å². The van der Waals surface area contributed by atoms with Gasteiger partial charge in [-0.1, -0.05) is 30.3 Å². The molecule has 0 unspecified atom stereocenters. The quantitative estimate of drug-likeness (QED) is 0.471. The third-order valence-electron chi connectivity index (χ3n) is 4.48. The number of halogens is 3. The van der Waals surface area contributed by atoms with Crippen molar-refractivity contribution in [2.24, 2.45) is 5.73 Å². The second kappa shape index (κ2) is 10.6. The second-order valence-corrected chi connectivity index (χ2v) is 7.19. The third kappa shape index (κ3) is 5.17. The number of hydrogen-bond donors (Lipinski definition) is 2. The van der Waals surface area contributed by atoms with Gasteiger partial charge in [0, 0.05) is 5.56 Å². The number of para-hydroxylation sites is 1. The first-order valence-corrected chi connectivity index (χ1v) is 10.0. The van der Waals surface area contributed by atoms with Crippen LogP contribution < -0.4 is 20.5 Å². The lowest BCUT2D eigenvalue weighted by Crippen LogP contribution is -2.20. The molecule has 0 atom stereocenters. The SMILES string of the molecule is NC(=O)c1c(OCc2c(CF)ccc(CF)c2CF)nsc1NC(=O)Oc1ccccc1. The number of carbonyl (C=O) groups excluding carboxylic acids is 2. The van der Waals surface area contributed by atoms with E-state index in [0.29, 0.717) is 11.5 Å². The molecule has 0 aliphatic rings. The van der Waals surface area contributed by atoms with Crippen LogP contribution in [0.3, 0.4) is 0 Å². The molecule has 0 radical (unpaired) electrons. The van der Waals surface area contributed by atoms with Crippen molar-refractivity contribution in [1.82, 2.24) is 4.37 Å². The predicted molar refractivity (Wildman–Crippen MR) is 112 cm³/mol. The minimum atomic E-state index is -1.02. The zero-order chi connectivity index (χ0) is 23.1. The van der Waals surface area contributed by atoms with Crippen LogP contribution in [0.2, 0.25) is 0 Å². The van der Waals surface area contributed by atoms with Crippen LogP contribution in [-0.2, 0) is 26.6 Å². The summed E-state index contributed by atoms with van der Waals surface area (Å²) in [6, 6.07) is 10.9. The molecule has 3 N–H and O–H groups in total. The summed E-state index contributed by atoms with van der Waals surface area (Å²) in [5, 5.41) is 2.34. The van der Waals surface area contributed by atoms with E-state index in [-0.39, 0.29) is 51.1 Å². The van der Waals surface area contributed by atoms with Crippen LogP contribution in [0.15, 0.2) is 42.5 Å². The molecule has 2 amide bonds. The summed E-state index contributed by atoms with van der Waals surface area (Å²) in [5.41, 5.74) is 5.45. The maximum Gasteiger partial charge on any atom is 0.417 e. The van der Waals surface area contributed by atoms with Crippen molar-refractivity contribution in [3.8, 4) is 11.6 Å². The molecule has 0 aliphatic carbocycles. The Kier molecular flexibility index (Phi) is 7.66. The largest absolute Gasteiger partial charge is 0.472 e. The van der Waals surface area contributed by atoms with Gasteiger partial charge in [-0.3, -0.25) is 10.1 Å². The third-order valence-corrected chi connectivity index (χ3v) is 5.22. The minimum absolute atomic E-state index is 0.0247. The molecule has 0 fully saturated rings. The lowest BCUT2D eigenvalue weighted by molar-refractivity contribution is 0.0996. The van der Waals surface area contributed by atoms with E-state index in [9.17, 15) is 22.8 Å². The van der Waals surface area contributed by atoms with Crippen molar-refractivity contribution in [1.29, 1.82) is 0 Å². The number of benzene rings is 2.